The number of hydrogen-bond donors (Lipinski definition) is 0. The average molecular weight is 469 g/mol. The van der Waals surface area contributed by atoms with Gasteiger partial charge in [0.05, 0.1) is 34.3 Å². The molecule has 0 aromatic heterocycles. The van der Waals surface area contributed by atoms with E-state index in [1.807, 2.05) is 0 Å². The first-order valence-electron chi connectivity index (χ1n) is 10.3. The van der Waals surface area contributed by atoms with Crippen LogP contribution in [-0.4, -0.2) is 44.7 Å². The number of esters is 1. The van der Waals surface area contributed by atoms with Crippen LogP contribution in [0.2, 0.25) is 0 Å². The number of halogens is 1. The molecule has 1 unspecified atom stereocenters. The van der Waals surface area contributed by atoms with Gasteiger partial charge in [-0.25, -0.2) is 0 Å². The molecule has 0 heterocycles. The van der Waals surface area contributed by atoms with Gasteiger partial charge in [0.2, 0.25) is 0 Å². The summed E-state index contributed by atoms with van der Waals surface area (Å²) in [6, 6.07) is 0. The highest BCUT2D eigenvalue weighted by Crippen LogP contribution is 2.18. The Morgan fingerprint density at radius 2 is 1.44 bits per heavy atom. The molecule has 0 aromatic carbocycles. The zero-order chi connectivity index (χ0) is 18.3. The summed E-state index contributed by atoms with van der Waals surface area (Å²) in [7, 11) is 6.64. The molecule has 0 saturated carbocycles. The number of ether oxygens (including phenoxy) is 1. The molecule has 0 fully saturated rings. The molecule has 0 aromatic rings. The van der Waals surface area contributed by atoms with E-state index < -0.39 is 0 Å². The predicted octanol–water partition coefficient (Wildman–Crippen LogP) is 2.58. The van der Waals surface area contributed by atoms with Crippen LogP contribution < -0.4 is 24.0 Å². The van der Waals surface area contributed by atoms with Crippen LogP contribution >= 0.6 is 0 Å². The van der Waals surface area contributed by atoms with Crippen LogP contribution in [0, 0.1) is 5.92 Å². The molecule has 4 heteroatoms. The van der Waals surface area contributed by atoms with Crippen LogP contribution in [0.5, 0.6) is 0 Å². The minimum atomic E-state index is 0. The van der Waals surface area contributed by atoms with Crippen LogP contribution in [0.1, 0.15) is 90.9 Å². The summed E-state index contributed by atoms with van der Waals surface area (Å²) in [6.45, 7) is 6.29. The molecule has 1 atom stereocenters. The highest BCUT2D eigenvalue weighted by atomic mass is 127. The normalized spacial score (nSPS) is 12.5. The van der Waals surface area contributed by atoms with Crippen LogP contribution in [0.3, 0.4) is 0 Å². The molecule has 25 heavy (non-hydrogen) atoms. The van der Waals surface area contributed by atoms with E-state index in [4.69, 9.17) is 4.74 Å². The van der Waals surface area contributed by atoms with E-state index in [0.29, 0.717) is 18.9 Å². The molecule has 0 aliphatic rings. The summed E-state index contributed by atoms with van der Waals surface area (Å²) in [6.07, 6.45) is 14.0. The fourth-order valence-electron chi connectivity index (χ4n) is 2.98. The Morgan fingerprint density at radius 3 is 2.04 bits per heavy atom. The maximum Gasteiger partial charge on any atom is 0.305 e. The molecule has 0 saturated heterocycles. The van der Waals surface area contributed by atoms with Crippen LogP contribution in [0.25, 0.3) is 0 Å². The molecule has 0 rings (SSSR count). The topological polar surface area (TPSA) is 26.3 Å². The van der Waals surface area contributed by atoms with Crippen molar-refractivity contribution in [2.75, 3.05) is 34.3 Å². The molecular weight excluding hydrogens is 425 g/mol. The number of rotatable bonds is 16. The van der Waals surface area contributed by atoms with Crippen molar-refractivity contribution in [1.29, 1.82) is 0 Å². The van der Waals surface area contributed by atoms with Crippen molar-refractivity contribution in [3.05, 3.63) is 0 Å². The van der Waals surface area contributed by atoms with Crippen molar-refractivity contribution >= 4 is 5.97 Å². The zero-order valence-electron chi connectivity index (χ0n) is 17.6. The van der Waals surface area contributed by atoms with E-state index in [2.05, 4.69) is 35.0 Å². The summed E-state index contributed by atoms with van der Waals surface area (Å²) in [5, 5.41) is 0. The van der Waals surface area contributed by atoms with Gasteiger partial charge in [0.25, 0.3) is 0 Å². The second kappa shape index (κ2) is 17.6. The van der Waals surface area contributed by atoms with Gasteiger partial charge in [-0.05, 0) is 38.0 Å². The highest BCUT2D eigenvalue weighted by molar-refractivity contribution is 5.69. The number of nitrogens with zero attached hydrogens (tertiary/aromatic N) is 1. The summed E-state index contributed by atoms with van der Waals surface area (Å²) in [5.74, 6) is 0.583. The van der Waals surface area contributed by atoms with Crippen molar-refractivity contribution in [1.82, 2.24) is 0 Å². The Kier molecular flexibility index (Phi) is 19.2. The largest absolute Gasteiger partial charge is 1.00 e. The van der Waals surface area contributed by atoms with Crippen molar-refractivity contribution in [3.63, 3.8) is 0 Å². The lowest BCUT2D eigenvalue weighted by molar-refractivity contribution is -0.870. The van der Waals surface area contributed by atoms with Crippen LogP contribution in [0.15, 0.2) is 0 Å². The van der Waals surface area contributed by atoms with Gasteiger partial charge in [0.1, 0.15) is 0 Å². The van der Waals surface area contributed by atoms with Gasteiger partial charge in [-0.2, -0.15) is 0 Å². The maximum absolute atomic E-state index is 11.9. The fraction of sp³-hybridized carbons (Fsp3) is 0.952. The fourth-order valence-corrected chi connectivity index (χ4v) is 2.98. The molecule has 0 N–H and O–H groups in total. The van der Waals surface area contributed by atoms with Crippen LogP contribution in [-0.2, 0) is 9.53 Å². The molecule has 3 nitrogen and oxygen atoms in total. The molecular formula is C21H44INO2. The lowest BCUT2D eigenvalue weighted by Crippen LogP contribution is -3.00. The first-order valence-corrected chi connectivity index (χ1v) is 10.3. The molecule has 0 aliphatic heterocycles. The standard InChI is InChI=1S/C21H44NO2.HI/c1-6-8-10-12-16-20(15-9-7-2)19-24-21(23)17-13-11-14-18-22(3,4)5;/h20H,6-19H2,1-5H3;1H/q+1;/p-1. The summed E-state index contributed by atoms with van der Waals surface area (Å²) in [4.78, 5) is 11.9. The molecule has 0 radical (unpaired) electrons. The van der Waals surface area contributed by atoms with Gasteiger partial charge in [-0.3, -0.25) is 4.79 Å². The molecule has 152 valence electrons. The van der Waals surface area contributed by atoms with Gasteiger partial charge < -0.3 is 33.2 Å². The molecule has 0 aliphatic carbocycles. The van der Waals surface area contributed by atoms with E-state index in [0.717, 1.165) is 17.3 Å². The number of quaternary nitrogens is 1. The Morgan fingerprint density at radius 1 is 0.840 bits per heavy atom. The third-order valence-electron chi connectivity index (χ3n) is 4.62. The van der Waals surface area contributed by atoms with Crippen molar-refractivity contribution in [2.45, 2.75) is 90.9 Å². The quantitative estimate of drug-likeness (QED) is 0.150. The number of carbonyl (C=O) groups excluding carboxylic acids is 1. The van der Waals surface area contributed by atoms with E-state index in [1.54, 1.807) is 0 Å². The highest BCUT2D eigenvalue weighted by Gasteiger charge is 2.12. The Labute approximate surface area is 174 Å². The lowest BCUT2D eigenvalue weighted by Gasteiger charge is -2.23. The zero-order valence-corrected chi connectivity index (χ0v) is 19.8. The van der Waals surface area contributed by atoms with Gasteiger partial charge in [0.15, 0.2) is 0 Å². The van der Waals surface area contributed by atoms with E-state index >= 15 is 0 Å². The Balaban J connectivity index is 0. The van der Waals surface area contributed by atoms with Gasteiger partial charge in [0, 0.05) is 6.42 Å². The summed E-state index contributed by atoms with van der Waals surface area (Å²) in [5.41, 5.74) is 0. The first kappa shape index (κ1) is 27.4. The number of unbranched alkanes of at least 4 members (excludes halogenated alkanes) is 6. The Hall–Kier alpha value is 0.160. The molecule has 0 amide bonds. The lowest BCUT2D eigenvalue weighted by atomic mass is 9.96. The van der Waals surface area contributed by atoms with Crippen molar-refractivity contribution in [3.8, 4) is 0 Å². The monoisotopic (exact) mass is 469 g/mol. The number of hydrogen-bond acceptors (Lipinski definition) is 2. The minimum absolute atomic E-state index is 0. The SMILES string of the molecule is CCCCCCC(CCCC)COC(=O)CCCCC[N+](C)(C)C.[I-]. The molecule has 0 spiro atoms. The smallest absolute Gasteiger partial charge is 0.305 e. The second-order valence-electron chi connectivity index (χ2n) is 8.37. The summed E-state index contributed by atoms with van der Waals surface area (Å²) < 4.78 is 6.56. The van der Waals surface area contributed by atoms with E-state index in [-0.39, 0.29) is 29.9 Å². The third kappa shape index (κ3) is 20.3. The van der Waals surface area contributed by atoms with E-state index in [1.165, 1.54) is 64.3 Å². The Bertz CT molecular complexity index is 303. The predicted molar refractivity (Wildman–Crippen MR) is 104 cm³/mol. The van der Waals surface area contributed by atoms with Gasteiger partial charge in [-0.15, -0.1) is 0 Å². The molecule has 0 bridgehead atoms. The second-order valence-corrected chi connectivity index (χ2v) is 8.37. The van der Waals surface area contributed by atoms with Crippen molar-refractivity contribution < 1.29 is 38.0 Å². The summed E-state index contributed by atoms with van der Waals surface area (Å²) >= 11 is 0. The van der Waals surface area contributed by atoms with Gasteiger partial charge in [-0.1, -0.05) is 52.4 Å². The van der Waals surface area contributed by atoms with Crippen molar-refractivity contribution in [2.24, 2.45) is 5.92 Å². The van der Waals surface area contributed by atoms with E-state index in [9.17, 15) is 4.79 Å². The van der Waals surface area contributed by atoms with Gasteiger partial charge >= 0.3 is 5.97 Å². The average Bonchev–Trinajstić information content (AvgIpc) is 2.51. The maximum atomic E-state index is 11.9. The number of carbonyl (C=O) groups is 1. The van der Waals surface area contributed by atoms with Crippen LogP contribution in [0.4, 0.5) is 0 Å². The first-order chi connectivity index (χ1) is 11.4. The minimum Gasteiger partial charge on any atom is -1.00 e. The third-order valence-corrected chi connectivity index (χ3v) is 4.62.